The SMILES string of the molecule is Cc1cccc(C2(O)CCN([C@H]3COC[C@H]3O)CC2)c1. The Labute approximate surface area is 120 Å². The molecule has 2 fully saturated rings. The van der Waals surface area contributed by atoms with Crippen LogP contribution in [0.3, 0.4) is 0 Å². The standard InChI is InChI=1S/C16H23NO3/c1-12-3-2-4-13(9-12)16(19)5-7-17(8-6-16)14-10-20-11-15(14)18/h2-4,9,14-15,18-19H,5-8,10-11H2,1H3/t14-,15+/m0/s1. The van der Waals surface area contributed by atoms with Gasteiger partial charge in [-0.2, -0.15) is 0 Å². The van der Waals surface area contributed by atoms with Crippen LogP contribution in [0.1, 0.15) is 24.0 Å². The Morgan fingerprint density at radius 1 is 1.25 bits per heavy atom. The fourth-order valence-electron chi connectivity index (χ4n) is 3.33. The molecular formula is C16H23NO3. The van der Waals surface area contributed by atoms with Gasteiger partial charge in [-0.05, 0) is 25.3 Å². The predicted molar refractivity (Wildman–Crippen MR) is 76.5 cm³/mol. The van der Waals surface area contributed by atoms with Crippen molar-refractivity contribution in [2.45, 2.75) is 37.5 Å². The topological polar surface area (TPSA) is 52.9 Å². The largest absolute Gasteiger partial charge is 0.389 e. The molecule has 2 aliphatic rings. The summed E-state index contributed by atoms with van der Waals surface area (Å²) in [7, 11) is 0. The Bertz CT molecular complexity index is 469. The van der Waals surface area contributed by atoms with E-state index in [1.54, 1.807) is 0 Å². The lowest BCUT2D eigenvalue weighted by molar-refractivity contribution is -0.0457. The molecule has 1 aromatic carbocycles. The molecule has 2 saturated heterocycles. The van der Waals surface area contributed by atoms with Crippen LogP contribution >= 0.6 is 0 Å². The Balaban J connectivity index is 1.68. The zero-order chi connectivity index (χ0) is 14.2. The lowest BCUT2D eigenvalue weighted by Gasteiger charge is -2.41. The number of aliphatic hydroxyl groups is 2. The fraction of sp³-hybridized carbons (Fsp3) is 0.625. The van der Waals surface area contributed by atoms with Crippen molar-refractivity contribution in [2.75, 3.05) is 26.3 Å². The van der Waals surface area contributed by atoms with Crippen LogP contribution < -0.4 is 0 Å². The summed E-state index contributed by atoms with van der Waals surface area (Å²) in [4.78, 5) is 2.25. The van der Waals surface area contributed by atoms with Gasteiger partial charge in [-0.3, -0.25) is 4.90 Å². The number of ether oxygens (including phenoxy) is 1. The number of piperidine rings is 1. The van der Waals surface area contributed by atoms with Gasteiger partial charge in [0.2, 0.25) is 0 Å². The second kappa shape index (κ2) is 5.45. The van der Waals surface area contributed by atoms with E-state index in [1.165, 1.54) is 5.56 Å². The number of aliphatic hydroxyl groups excluding tert-OH is 1. The molecule has 2 aliphatic heterocycles. The molecule has 0 aliphatic carbocycles. The van der Waals surface area contributed by atoms with Crippen LogP contribution in [0.2, 0.25) is 0 Å². The van der Waals surface area contributed by atoms with Crippen LogP contribution in [0.15, 0.2) is 24.3 Å². The molecule has 0 radical (unpaired) electrons. The number of aryl methyl sites for hydroxylation is 1. The van der Waals surface area contributed by atoms with E-state index in [0.717, 1.165) is 18.7 Å². The van der Waals surface area contributed by atoms with Crippen molar-refractivity contribution in [2.24, 2.45) is 0 Å². The van der Waals surface area contributed by atoms with Crippen LogP contribution in [-0.4, -0.2) is 53.6 Å². The molecule has 0 saturated carbocycles. The number of likely N-dealkylation sites (tertiary alicyclic amines) is 1. The van der Waals surface area contributed by atoms with Crippen LogP contribution in [0, 0.1) is 6.92 Å². The van der Waals surface area contributed by atoms with Crippen molar-refractivity contribution in [3.63, 3.8) is 0 Å². The molecule has 0 bridgehead atoms. The van der Waals surface area contributed by atoms with E-state index in [0.29, 0.717) is 26.1 Å². The predicted octanol–water partition coefficient (Wildman–Crippen LogP) is 1.04. The summed E-state index contributed by atoms with van der Waals surface area (Å²) in [6, 6.07) is 8.23. The molecule has 0 unspecified atom stereocenters. The van der Waals surface area contributed by atoms with Crippen LogP contribution in [0.5, 0.6) is 0 Å². The summed E-state index contributed by atoms with van der Waals surface area (Å²) < 4.78 is 5.32. The van der Waals surface area contributed by atoms with Gasteiger partial charge in [0.25, 0.3) is 0 Å². The molecule has 0 spiro atoms. The van der Waals surface area contributed by atoms with Crippen molar-refractivity contribution in [1.29, 1.82) is 0 Å². The first-order valence-corrected chi connectivity index (χ1v) is 7.38. The first-order chi connectivity index (χ1) is 9.58. The van der Waals surface area contributed by atoms with Crippen LogP contribution in [0.4, 0.5) is 0 Å². The maximum absolute atomic E-state index is 10.9. The molecule has 0 aromatic heterocycles. The van der Waals surface area contributed by atoms with Gasteiger partial charge in [-0.1, -0.05) is 29.8 Å². The van der Waals surface area contributed by atoms with E-state index in [1.807, 2.05) is 25.1 Å². The molecule has 20 heavy (non-hydrogen) atoms. The van der Waals surface area contributed by atoms with Gasteiger partial charge in [-0.25, -0.2) is 0 Å². The highest BCUT2D eigenvalue weighted by Crippen LogP contribution is 2.34. The van der Waals surface area contributed by atoms with Gasteiger partial charge < -0.3 is 14.9 Å². The van der Waals surface area contributed by atoms with Crippen molar-refractivity contribution < 1.29 is 14.9 Å². The molecule has 110 valence electrons. The van der Waals surface area contributed by atoms with Gasteiger partial charge in [0, 0.05) is 13.1 Å². The highest BCUT2D eigenvalue weighted by atomic mass is 16.5. The molecule has 2 atom stereocenters. The molecule has 4 heteroatoms. The molecule has 2 heterocycles. The van der Waals surface area contributed by atoms with Crippen molar-refractivity contribution in [1.82, 2.24) is 4.90 Å². The van der Waals surface area contributed by atoms with E-state index in [9.17, 15) is 10.2 Å². The van der Waals surface area contributed by atoms with Gasteiger partial charge in [0.15, 0.2) is 0 Å². The molecule has 1 aromatic rings. The summed E-state index contributed by atoms with van der Waals surface area (Å²) in [6.45, 7) is 4.69. The fourth-order valence-corrected chi connectivity index (χ4v) is 3.33. The summed E-state index contributed by atoms with van der Waals surface area (Å²) in [5, 5.41) is 20.8. The summed E-state index contributed by atoms with van der Waals surface area (Å²) in [5.74, 6) is 0. The quantitative estimate of drug-likeness (QED) is 0.848. The average molecular weight is 277 g/mol. The van der Waals surface area contributed by atoms with E-state index < -0.39 is 5.60 Å². The minimum atomic E-state index is -0.729. The Morgan fingerprint density at radius 3 is 2.60 bits per heavy atom. The van der Waals surface area contributed by atoms with Crippen molar-refractivity contribution in [3.8, 4) is 0 Å². The number of benzene rings is 1. The summed E-state index contributed by atoms with van der Waals surface area (Å²) in [6.07, 6.45) is 1.03. The molecular weight excluding hydrogens is 254 g/mol. The molecule has 2 N–H and O–H groups in total. The summed E-state index contributed by atoms with van der Waals surface area (Å²) in [5.41, 5.74) is 1.46. The minimum absolute atomic E-state index is 0.0945. The van der Waals surface area contributed by atoms with E-state index >= 15 is 0 Å². The van der Waals surface area contributed by atoms with Gasteiger partial charge in [-0.15, -0.1) is 0 Å². The zero-order valence-corrected chi connectivity index (χ0v) is 12.0. The van der Waals surface area contributed by atoms with Gasteiger partial charge in [0.1, 0.15) is 0 Å². The van der Waals surface area contributed by atoms with E-state index in [-0.39, 0.29) is 12.1 Å². The maximum Gasteiger partial charge on any atom is 0.0950 e. The highest BCUT2D eigenvalue weighted by Gasteiger charge is 2.39. The minimum Gasteiger partial charge on any atom is -0.389 e. The third-order valence-electron chi connectivity index (χ3n) is 4.67. The Kier molecular flexibility index (Phi) is 3.82. The number of rotatable bonds is 2. The third-order valence-corrected chi connectivity index (χ3v) is 4.67. The van der Waals surface area contributed by atoms with Crippen LogP contribution in [-0.2, 0) is 10.3 Å². The van der Waals surface area contributed by atoms with Crippen LogP contribution in [0.25, 0.3) is 0 Å². The smallest absolute Gasteiger partial charge is 0.0950 e. The molecule has 4 nitrogen and oxygen atoms in total. The second-order valence-electron chi connectivity index (χ2n) is 6.11. The summed E-state index contributed by atoms with van der Waals surface area (Å²) >= 11 is 0. The monoisotopic (exact) mass is 277 g/mol. The first-order valence-electron chi connectivity index (χ1n) is 7.38. The number of nitrogens with zero attached hydrogens (tertiary/aromatic N) is 1. The number of hydrogen-bond acceptors (Lipinski definition) is 4. The third kappa shape index (κ3) is 2.61. The Hall–Kier alpha value is -0.940. The lowest BCUT2D eigenvalue weighted by atomic mass is 9.83. The zero-order valence-electron chi connectivity index (χ0n) is 12.0. The lowest BCUT2D eigenvalue weighted by Crippen LogP contribution is -2.50. The second-order valence-corrected chi connectivity index (χ2v) is 6.11. The van der Waals surface area contributed by atoms with Crippen molar-refractivity contribution in [3.05, 3.63) is 35.4 Å². The van der Waals surface area contributed by atoms with Crippen molar-refractivity contribution >= 4 is 0 Å². The van der Waals surface area contributed by atoms with Gasteiger partial charge >= 0.3 is 0 Å². The molecule has 3 rings (SSSR count). The van der Waals surface area contributed by atoms with E-state index in [2.05, 4.69) is 11.0 Å². The number of hydrogen-bond donors (Lipinski definition) is 2. The molecule has 0 amide bonds. The first kappa shape index (κ1) is 14.0. The van der Waals surface area contributed by atoms with E-state index in [4.69, 9.17) is 4.74 Å². The average Bonchev–Trinajstić information content (AvgIpc) is 2.86. The maximum atomic E-state index is 10.9. The Morgan fingerprint density at radius 2 is 2.00 bits per heavy atom. The normalized spacial score (nSPS) is 30.6. The van der Waals surface area contributed by atoms with Gasteiger partial charge in [0.05, 0.1) is 31.0 Å². The highest BCUT2D eigenvalue weighted by molar-refractivity contribution is 5.28.